The summed E-state index contributed by atoms with van der Waals surface area (Å²) in [7, 11) is -3.52. The van der Waals surface area contributed by atoms with Gasteiger partial charge in [0.05, 0.1) is 10.6 Å². The second-order valence-electron chi connectivity index (χ2n) is 7.52. The van der Waals surface area contributed by atoms with Gasteiger partial charge in [-0.25, -0.2) is 8.42 Å². The monoisotopic (exact) mass is 400 g/mol. The maximum Gasteiger partial charge on any atom is 0.254 e. The van der Waals surface area contributed by atoms with Crippen LogP contribution in [0.3, 0.4) is 0 Å². The fourth-order valence-electron chi connectivity index (χ4n) is 3.79. The lowest BCUT2D eigenvalue weighted by molar-refractivity contribution is 0.0335. The van der Waals surface area contributed by atoms with Gasteiger partial charge in [0.1, 0.15) is 0 Å². The van der Waals surface area contributed by atoms with Gasteiger partial charge < -0.3 is 4.90 Å². The van der Waals surface area contributed by atoms with Crippen LogP contribution in [-0.4, -0.2) is 55.8 Å². The van der Waals surface area contributed by atoms with Crippen molar-refractivity contribution in [2.24, 2.45) is 0 Å². The number of carbonyl (C=O) groups is 1. The van der Waals surface area contributed by atoms with Crippen molar-refractivity contribution in [3.8, 4) is 0 Å². The number of amides is 1. The van der Waals surface area contributed by atoms with Crippen LogP contribution in [0.25, 0.3) is 0 Å². The zero-order chi connectivity index (χ0) is 20.3. The van der Waals surface area contributed by atoms with Gasteiger partial charge in [-0.15, -0.1) is 0 Å². The van der Waals surface area contributed by atoms with E-state index in [9.17, 15) is 13.2 Å². The zero-order valence-electron chi connectivity index (χ0n) is 16.7. The van der Waals surface area contributed by atoms with Crippen molar-refractivity contribution >= 4 is 15.7 Å². The minimum Gasteiger partial charge on any atom is -0.333 e. The summed E-state index contributed by atoms with van der Waals surface area (Å²) in [6.45, 7) is 8.73. The second kappa shape index (κ2) is 8.45. The quantitative estimate of drug-likeness (QED) is 0.773. The Labute approximate surface area is 167 Å². The number of hydrogen-bond acceptors (Lipinski definition) is 4. The molecule has 28 heavy (non-hydrogen) atoms. The minimum absolute atomic E-state index is 0.0753. The topological polar surface area (TPSA) is 57.7 Å². The molecule has 0 unspecified atom stereocenters. The van der Waals surface area contributed by atoms with Crippen molar-refractivity contribution in [3.05, 3.63) is 65.7 Å². The highest BCUT2D eigenvalue weighted by molar-refractivity contribution is 7.90. The molecule has 0 aromatic heterocycles. The highest BCUT2D eigenvalue weighted by atomic mass is 32.2. The molecule has 150 valence electrons. The Morgan fingerprint density at radius 3 is 2.39 bits per heavy atom. The summed E-state index contributed by atoms with van der Waals surface area (Å²) in [5.41, 5.74) is 1.16. The summed E-state index contributed by atoms with van der Waals surface area (Å²) in [6, 6.07) is 15.9. The highest BCUT2D eigenvalue weighted by Crippen LogP contribution is 2.21. The van der Waals surface area contributed by atoms with E-state index in [1.807, 2.05) is 30.0 Å². The predicted molar refractivity (Wildman–Crippen MR) is 111 cm³/mol. The summed E-state index contributed by atoms with van der Waals surface area (Å²) < 4.78 is 25.6. The van der Waals surface area contributed by atoms with E-state index < -0.39 is 9.84 Å². The van der Waals surface area contributed by atoms with E-state index in [1.54, 1.807) is 30.3 Å². The molecule has 0 bridgehead atoms. The number of carbonyl (C=O) groups excluding carboxylic acids is 1. The number of piperazine rings is 1. The van der Waals surface area contributed by atoms with Crippen molar-refractivity contribution in [2.75, 3.05) is 19.6 Å². The molecule has 6 heteroatoms. The van der Waals surface area contributed by atoms with Crippen LogP contribution in [0.15, 0.2) is 59.5 Å². The molecule has 1 saturated heterocycles. The Bertz CT molecular complexity index is 928. The molecule has 0 aliphatic carbocycles. The molecule has 2 atom stereocenters. The van der Waals surface area contributed by atoms with Gasteiger partial charge >= 0.3 is 0 Å². The van der Waals surface area contributed by atoms with Crippen LogP contribution in [0.1, 0.15) is 36.7 Å². The molecule has 0 radical (unpaired) electrons. The molecule has 2 aromatic carbocycles. The number of benzene rings is 2. The predicted octanol–water partition coefficient (Wildman–Crippen LogP) is 3.22. The third kappa shape index (κ3) is 4.45. The number of rotatable bonds is 5. The van der Waals surface area contributed by atoms with Crippen LogP contribution in [-0.2, 0) is 15.6 Å². The third-order valence-electron chi connectivity index (χ3n) is 5.42. The summed E-state index contributed by atoms with van der Waals surface area (Å²) in [5.74, 6) is -0.180. The first-order valence-corrected chi connectivity index (χ1v) is 11.4. The second-order valence-corrected chi connectivity index (χ2v) is 9.51. The summed E-state index contributed by atoms with van der Waals surface area (Å²) in [6.07, 6.45) is 0. The van der Waals surface area contributed by atoms with Gasteiger partial charge in [0.15, 0.2) is 9.84 Å². The molecule has 3 rings (SSSR count). The van der Waals surface area contributed by atoms with E-state index in [0.29, 0.717) is 12.1 Å². The van der Waals surface area contributed by atoms with E-state index in [4.69, 9.17) is 0 Å². The van der Waals surface area contributed by atoms with Crippen molar-refractivity contribution in [1.29, 1.82) is 0 Å². The van der Waals surface area contributed by atoms with Crippen molar-refractivity contribution in [1.82, 2.24) is 9.80 Å². The van der Waals surface area contributed by atoms with Gasteiger partial charge in [-0.2, -0.15) is 0 Å². The van der Waals surface area contributed by atoms with Crippen LogP contribution in [0.5, 0.6) is 0 Å². The standard InChI is InChI=1S/C22H28N2O3S/c1-4-23-14-18(3)24(15-17(23)2)22(25)20-11-8-12-21(13-20)28(26,27)16-19-9-6-5-7-10-19/h5-13,17-18H,4,14-16H2,1-3H3/t17-,18+/m0/s1. The molecule has 0 N–H and O–H groups in total. The summed E-state index contributed by atoms with van der Waals surface area (Å²) in [4.78, 5) is 17.5. The average molecular weight is 401 g/mol. The van der Waals surface area contributed by atoms with E-state index in [2.05, 4.69) is 18.7 Å². The maximum atomic E-state index is 13.1. The molecule has 1 aliphatic rings. The highest BCUT2D eigenvalue weighted by Gasteiger charge is 2.32. The van der Waals surface area contributed by atoms with Gasteiger partial charge in [-0.3, -0.25) is 9.69 Å². The first kappa shape index (κ1) is 20.6. The Balaban J connectivity index is 1.82. The lowest BCUT2D eigenvalue weighted by Crippen LogP contribution is -2.57. The Hall–Kier alpha value is -2.18. The molecule has 1 fully saturated rings. The van der Waals surface area contributed by atoms with E-state index in [-0.39, 0.29) is 28.6 Å². The van der Waals surface area contributed by atoms with Crippen LogP contribution in [0.4, 0.5) is 0 Å². The van der Waals surface area contributed by atoms with E-state index >= 15 is 0 Å². The van der Waals surface area contributed by atoms with Gasteiger partial charge in [0, 0.05) is 30.7 Å². The summed E-state index contributed by atoms with van der Waals surface area (Å²) >= 11 is 0. The van der Waals surface area contributed by atoms with Crippen LogP contribution in [0, 0.1) is 0 Å². The Kier molecular flexibility index (Phi) is 6.20. The molecule has 1 amide bonds. The molecule has 2 aromatic rings. The SMILES string of the molecule is CCN1C[C@@H](C)N(C(=O)c2cccc(S(=O)(=O)Cc3ccccc3)c2)C[C@@H]1C. The first-order valence-electron chi connectivity index (χ1n) is 9.73. The minimum atomic E-state index is -3.52. The maximum absolute atomic E-state index is 13.1. The molecule has 0 saturated carbocycles. The van der Waals surface area contributed by atoms with Crippen LogP contribution < -0.4 is 0 Å². The average Bonchev–Trinajstić information content (AvgIpc) is 2.69. The normalized spacial score (nSPS) is 20.9. The lowest BCUT2D eigenvalue weighted by Gasteiger charge is -2.43. The zero-order valence-corrected chi connectivity index (χ0v) is 17.5. The third-order valence-corrected chi connectivity index (χ3v) is 7.11. The fraction of sp³-hybridized carbons (Fsp3) is 0.409. The van der Waals surface area contributed by atoms with Gasteiger partial charge in [0.2, 0.25) is 0 Å². The molecule has 5 nitrogen and oxygen atoms in total. The van der Waals surface area contributed by atoms with Crippen LogP contribution in [0.2, 0.25) is 0 Å². The molecule has 1 heterocycles. The molecular weight excluding hydrogens is 372 g/mol. The number of likely N-dealkylation sites (N-methyl/N-ethyl adjacent to an activating group) is 1. The van der Waals surface area contributed by atoms with Crippen LogP contribution >= 0.6 is 0 Å². The van der Waals surface area contributed by atoms with E-state index in [0.717, 1.165) is 18.7 Å². The van der Waals surface area contributed by atoms with Crippen molar-refractivity contribution < 1.29 is 13.2 Å². The molecular formula is C22H28N2O3S. The largest absolute Gasteiger partial charge is 0.333 e. The number of sulfone groups is 1. The van der Waals surface area contributed by atoms with Gasteiger partial charge in [-0.1, -0.05) is 43.3 Å². The lowest BCUT2D eigenvalue weighted by atomic mass is 10.1. The smallest absolute Gasteiger partial charge is 0.254 e. The van der Waals surface area contributed by atoms with Gasteiger partial charge in [0.25, 0.3) is 5.91 Å². The number of nitrogens with zero attached hydrogens (tertiary/aromatic N) is 2. The van der Waals surface area contributed by atoms with Gasteiger partial charge in [-0.05, 0) is 44.2 Å². The number of hydrogen-bond donors (Lipinski definition) is 0. The first-order chi connectivity index (χ1) is 13.3. The summed E-state index contributed by atoms with van der Waals surface area (Å²) in [5, 5.41) is 0. The Morgan fingerprint density at radius 2 is 1.71 bits per heavy atom. The van der Waals surface area contributed by atoms with Crippen molar-refractivity contribution in [2.45, 2.75) is 43.5 Å². The molecule has 0 spiro atoms. The fourth-order valence-corrected chi connectivity index (χ4v) is 5.18. The Morgan fingerprint density at radius 1 is 1.00 bits per heavy atom. The van der Waals surface area contributed by atoms with E-state index in [1.165, 1.54) is 6.07 Å². The molecule has 1 aliphatic heterocycles. The van der Waals surface area contributed by atoms with Crippen molar-refractivity contribution in [3.63, 3.8) is 0 Å².